The van der Waals surface area contributed by atoms with Gasteiger partial charge in [0, 0.05) is 55.4 Å². The van der Waals surface area contributed by atoms with Gasteiger partial charge in [-0.15, -0.1) is 0 Å². The van der Waals surface area contributed by atoms with Crippen LogP contribution in [0.15, 0.2) is 40.2 Å². The first-order valence-electron chi connectivity index (χ1n) is 17.2. The fourth-order valence-corrected chi connectivity index (χ4v) is 5.23. The molecule has 1 aromatic heterocycles. The van der Waals surface area contributed by atoms with Gasteiger partial charge < -0.3 is 48.0 Å². The maximum atomic E-state index is 12.4. The number of aliphatic carboxylic acids is 1. The molecule has 3 atom stereocenters. The molecule has 15 nitrogen and oxygen atoms in total. The quantitative estimate of drug-likeness (QED) is 0.0756. The molecule has 280 valence electrons. The van der Waals surface area contributed by atoms with Gasteiger partial charge in [0.05, 0.1) is 12.2 Å². The number of carboxylic acid groups (broad SMARTS) is 1. The molecule has 1 saturated heterocycles. The lowest BCUT2D eigenvalue weighted by Gasteiger charge is -2.26. The Morgan fingerprint density at radius 2 is 1.84 bits per heavy atom. The van der Waals surface area contributed by atoms with Gasteiger partial charge in [0.15, 0.2) is 5.96 Å². The zero-order chi connectivity index (χ0) is 37.5. The average molecular weight is 701 g/mol. The fraction of sp³-hybridized carbons (Fsp3) is 0.629. The molecule has 0 unspecified atom stereocenters. The maximum absolute atomic E-state index is 12.4. The number of nitrogens with zero attached hydrogens (tertiary/aromatic N) is 3. The molecule has 0 radical (unpaired) electrons. The van der Waals surface area contributed by atoms with Crippen LogP contribution in [0, 0.1) is 5.92 Å². The van der Waals surface area contributed by atoms with E-state index in [1.54, 1.807) is 6.20 Å². The molecule has 1 aromatic carbocycles. The van der Waals surface area contributed by atoms with Gasteiger partial charge in [-0.1, -0.05) is 52.0 Å². The minimum absolute atomic E-state index is 0.00996. The van der Waals surface area contributed by atoms with E-state index in [4.69, 9.17) is 27.0 Å². The average Bonchev–Trinajstić information content (AvgIpc) is 3.37. The van der Waals surface area contributed by atoms with Crippen LogP contribution in [0.1, 0.15) is 72.7 Å². The third-order valence-electron chi connectivity index (χ3n) is 7.75. The molecule has 2 heterocycles. The van der Waals surface area contributed by atoms with Gasteiger partial charge in [-0.2, -0.15) is 0 Å². The van der Waals surface area contributed by atoms with E-state index in [9.17, 15) is 14.4 Å². The number of amides is 2. The van der Waals surface area contributed by atoms with Gasteiger partial charge in [0.1, 0.15) is 12.4 Å². The zero-order valence-corrected chi connectivity index (χ0v) is 30.8. The van der Waals surface area contributed by atoms with Gasteiger partial charge in [-0.25, -0.2) is 14.6 Å². The number of rotatable bonds is 15. The maximum Gasteiger partial charge on any atom is 0.329 e. The van der Waals surface area contributed by atoms with Crippen LogP contribution in [0.25, 0.3) is 11.1 Å². The number of carbonyl (C=O) groups is 2. The van der Waals surface area contributed by atoms with E-state index in [2.05, 4.69) is 42.7 Å². The van der Waals surface area contributed by atoms with Gasteiger partial charge in [-0.3, -0.25) is 14.7 Å². The molecule has 3 rings (SSSR count). The van der Waals surface area contributed by atoms with Crippen molar-refractivity contribution in [1.29, 1.82) is 0 Å². The molecular weight excluding hydrogens is 640 g/mol. The first-order valence-corrected chi connectivity index (χ1v) is 17.2. The monoisotopic (exact) mass is 700 g/mol. The first-order chi connectivity index (χ1) is 23.4. The Bertz CT molecular complexity index is 1430. The van der Waals surface area contributed by atoms with E-state index in [0.29, 0.717) is 43.5 Å². The van der Waals surface area contributed by atoms with Crippen LogP contribution in [0.3, 0.4) is 0 Å². The highest BCUT2D eigenvalue weighted by atomic mass is 16.5. The summed E-state index contributed by atoms with van der Waals surface area (Å²) in [5.41, 5.74) is 18.3. The molecule has 1 fully saturated rings. The second-order valence-corrected chi connectivity index (χ2v) is 14.9. The molecule has 11 N–H and O–H groups in total. The highest BCUT2D eigenvalue weighted by Crippen LogP contribution is 2.21. The van der Waals surface area contributed by atoms with Crippen LogP contribution >= 0.6 is 0 Å². The first kappa shape index (κ1) is 42.1. The smallest absolute Gasteiger partial charge is 0.329 e. The summed E-state index contributed by atoms with van der Waals surface area (Å²) in [5.74, 6) is 0.164. The lowest BCUT2D eigenvalue weighted by molar-refractivity contribution is -0.142. The number of benzene rings is 1. The Morgan fingerprint density at radius 3 is 2.40 bits per heavy atom. The normalized spacial score (nSPS) is 17.0. The number of nitrogens with one attached hydrogen (secondary N) is 4. The van der Waals surface area contributed by atoms with Crippen LogP contribution in [-0.4, -0.2) is 101 Å². The molecule has 0 aliphatic carbocycles. The van der Waals surface area contributed by atoms with Gasteiger partial charge >= 0.3 is 12.0 Å². The minimum atomic E-state index is -0.978. The number of nitrogens with two attached hydrogens (primary N) is 3. The van der Waals surface area contributed by atoms with Crippen LogP contribution in [0.4, 0.5) is 4.79 Å². The number of carbonyl (C=O) groups excluding carboxylic acids is 1. The van der Waals surface area contributed by atoms with E-state index in [0.717, 1.165) is 43.6 Å². The lowest BCUT2D eigenvalue weighted by Crippen LogP contribution is -2.50. The highest BCUT2D eigenvalue weighted by Gasteiger charge is 2.34. The Hall–Kier alpha value is -4.05. The number of H-pyrrole nitrogens is 1. The van der Waals surface area contributed by atoms with Crippen molar-refractivity contribution >= 4 is 18.0 Å². The summed E-state index contributed by atoms with van der Waals surface area (Å²) in [6.45, 7) is 18.2. The number of ether oxygens (including phenoxy) is 1. The van der Waals surface area contributed by atoms with E-state index in [-0.39, 0.29) is 47.2 Å². The summed E-state index contributed by atoms with van der Waals surface area (Å²) in [6, 6.07) is 7.81. The van der Waals surface area contributed by atoms with Crippen LogP contribution in [-0.2, 0) is 21.5 Å². The minimum Gasteiger partial charge on any atom is -0.480 e. The number of urea groups is 1. The van der Waals surface area contributed by atoms with Crippen molar-refractivity contribution in [3.8, 4) is 11.1 Å². The molecule has 1 aliphatic rings. The number of likely N-dealkylation sites (tertiary alicyclic amines) is 1. The summed E-state index contributed by atoms with van der Waals surface area (Å²) >= 11 is 0. The standard InChI is InChI=1S/C19H28N6O.C16H32N4O4/c1-19(2,3)17-24-12-15(16(26)25-17)14-7-5-13(6-8-14)11-22-9-4-10-23-18(20)21;1-11(6-17)7-20-8-12(18-15(23)19-16(2,3)4)5-13(20)9-24-10-14(21)22/h5-8,12,22H,4,9-11H2,1-3H3,(H4,20,21,23)(H,24,25,26);11-13H,5-10,17H2,1-4H3,(H,21,22)(H2,18,19,23)/t;11-,12+,13-/m.0/s1. The molecule has 50 heavy (non-hydrogen) atoms. The largest absolute Gasteiger partial charge is 0.480 e. The van der Waals surface area contributed by atoms with E-state index in [1.165, 1.54) is 0 Å². The van der Waals surface area contributed by atoms with Crippen molar-refractivity contribution in [3.05, 3.63) is 52.2 Å². The van der Waals surface area contributed by atoms with E-state index in [1.807, 2.05) is 65.8 Å². The summed E-state index contributed by atoms with van der Waals surface area (Å²) in [7, 11) is 0. The SMILES string of the molecule is CC(C)(C)c1ncc(-c2ccc(CNCCCN=C(N)N)cc2)c(=O)[nH]1.C[C@@H](CN)CN1C[C@H](NC(=O)NC(C)(C)C)C[C@H]1COCC(=O)O. The van der Waals surface area contributed by atoms with E-state index >= 15 is 0 Å². The molecule has 2 amide bonds. The third kappa shape index (κ3) is 16.1. The highest BCUT2D eigenvalue weighted by molar-refractivity contribution is 5.75. The van der Waals surface area contributed by atoms with Crippen molar-refractivity contribution in [2.75, 3.05) is 45.9 Å². The van der Waals surface area contributed by atoms with Gasteiger partial charge in [-0.05, 0) is 63.7 Å². The van der Waals surface area contributed by atoms with Crippen LogP contribution in [0.5, 0.6) is 0 Å². The predicted octanol–water partition coefficient (Wildman–Crippen LogP) is 1.71. The molecule has 1 aliphatic heterocycles. The fourth-order valence-electron chi connectivity index (χ4n) is 5.23. The van der Waals surface area contributed by atoms with Crippen LogP contribution < -0.4 is 38.7 Å². The number of hydrogen-bond acceptors (Lipinski definition) is 9. The third-order valence-corrected chi connectivity index (χ3v) is 7.75. The Balaban J connectivity index is 0.000000348. The number of hydrogen-bond donors (Lipinski definition) is 8. The molecule has 2 aromatic rings. The summed E-state index contributed by atoms with van der Waals surface area (Å²) in [5, 5.41) is 17.9. The van der Waals surface area contributed by atoms with Crippen molar-refractivity contribution in [2.24, 2.45) is 28.1 Å². The number of aromatic amines is 1. The topological polar surface area (TPSA) is 239 Å². The van der Waals surface area contributed by atoms with Crippen molar-refractivity contribution < 1.29 is 19.4 Å². The Morgan fingerprint density at radius 1 is 1.16 bits per heavy atom. The number of guanidine groups is 1. The number of aliphatic imine (C=N–C) groups is 1. The van der Waals surface area contributed by atoms with Crippen molar-refractivity contribution in [1.82, 2.24) is 30.8 Å². The molecular formula is C35H60N10O5. The summed E-state index contributed by atoms with van der Waals surface area (Å²) in [6.07, 6.45) is 3.25. The van der Waals surface area contributed by atoms with Crippen molar-refractivity contribution in [2.45, 2.75) is 90.9 Å². The number of carboxylic acids is 1. The van der Waals surface area contributed by atoms with Crippen molar-refractivity contribution in [3.63, 3.8) is 0 Å². The summed E-state index contributed by atoms with van der Waals surface area (Å²) in [4.78, 5) is 48.4. The Labute approximate surface area is 296 Å². The zero-order valence-electron chi connectivity index (χ0n) is 30.8. The number of aromatic nitrogens is 2. The van der Waals surface area contributed by atoms with Crippen LogP contribution in [0.2, 0.25) is 0 Å². The van der Waals surface area contributed by atoms with Gasteiger partial charge in [0.25, 0.3) is 5.56 Å². The van der Waals surface area contributed by atoms with Gasteiger partial charge in [0.2, 0.25) is 0 Å². The summed E-state index contributed by atoms with van der Waals surface area (Å²) < 4.78 is 5.26. The molecule has 0 saturated carbocycles. The lowest BCUT2D eigenvalue weighted by atomic mass is 9.95. The Kier molecular flexibility index (Phi) is 16.8. The second kappa shape index (κ2) is 20.0. The second-order valence-electron chi connectivity index (χ2n) is 14.9. The predicted molar refractivity (Wildman–Crippen MR) is 198 cm³/mol. The molecule has 15 heteroatoms. The van der Waals surface area contributed by atoms with E-state index < -0.39 is 5.97 Å². The molecule has 0 bridgehead atoms. The molecule has 0 spiro atoms.